The Balaban J connectivity index is 1.75. The molecule has 0 spiro atoms. The first-order valence-electron chi connectivity index (χ1n) is 7.15. The van der Waals surface area contributed by atoms with Crippen LogP contribution in [-0.4, -0.2) is 18.4 Å². The van der Waals surface area contributed by atoms with E-state index in [-0.39, 0.29) is 24.4 Å². The van der Waals surface area contributed by atoms with Gasteiger partial charge in [-0.15, -0.1) is 0 Å². The van der Waals surface area contributed by atoms with Gasteiger partial charge in [-0.25, -0.2) is 0 Å². The van der Waals surface area contributed by atoms with Crippen molar-refractivity contribution in [2.75, 3.05) is 11.9 Å². The second kappa shape index (κ2) is 7.67. The van der Waals surface area contributed by atoms with Gasteiger partial charge in [0.25, 0.3) is 5.91 Å². The molecule has 2 N–H and O–H groups in total. The van der Waals surface area contributed by atoms with Gasteiger partial charge in [-0.05, 0) is 36.8 Å². The Hall–Kier alpha value is -2.77. The normalized spacial score (nSPS) is 11.1. The average molecular weight is 340 g/mol. The lowest BCUT2D eigenvalue weighted by molar-refractivity contribution is -0.137. The van der Waals surface area contributed by atoms with E-state index in [1.807, 2.05) is 0 Å². The predicted molar refractivity (Wildman–Crippen MR) is 80.3 cm³/mol. The lowest BCUT2D eigenvalue weighted by atomic mass is 10.2. The van der Waals surface area contributed by atoms with E-state index >= 15 is 0 Å². The van der Waals surface area contributed by atoms with E-state index in [1.54, 1.807) is 6.07 Å². The molecule has 0 fully saturated rings. The first kappa shape index (κ1) is 17.6. The number of anilines is 1. The molecule has 0 saturated heterocycles. The quantitative estimate of drug-likeness (QED) is 0.791. The third kappa shape index (κ3) is 5.15. The highest BCUT2D eigenvalue weighted by Crippen LogP contribution is 2.30. The largest absolute Gasteiger partial charge is 0.459 e. The van der Waals surface area contributed by atoms with E-state index in [0.29, 0.717) is 6.42 Å². The summed E-state index contributed by atoms with van der Waals surface area (Å²) >= 11 is 0. The first-order valence-corrected chi connectivity index (χ1v) is 7.15. The fourth-order valence-electron chi connectivity index (χ4n) is 1.94. The molecule has 1 aromatic carbocycles. The number of carbonyl (C=O) groups is 2. The third-order valence-corrected chi connectivity index (χ3v) is 3.08. The van der Waals surface area contributed by atoms with Crippen molar-refractivity contribution < 1.29 is 27.2 Å². The number of furan rings is 1. The first-order chi connectivity index (χ1) is 11.4. The summed E-state index contributed by atoms with van der Waals surface area (Å²) in [4.78, 5) is 23.3. The minimum absolute atomic E-state index is 0.0642. The topological polar surface area (TPSA) is 71.3 Å². The zero-order chi connectivity index (χ0) is 17.6. The number of carbonyl (C=O) groups excluding carboxylic acids is 2. The highest BCUT2D eigenvalue weighted by Gasteiger charge is 2.30. The van der Waals surface area contributed by atoms with Crippen LogP contribution < -0.4 is 10.6 Å². The second-order valence-corrected chi connectivity index (χ2v) is 4.96. The number of halogens is 3. The molecule has 2 amide bonds. The third-order valence-electron chi connectivity index (χ3n) is 3.08. The van der Waals surface area contributed by atoms with Crippen LogP contribution in [0.3, 0.4) is 0 Å². The smallest absolute Gasteiger partial charge is 0.416 e. The number of benzene rings is 1. The number of amides is 2. The summed E-state index contributed by atoms with van der Waals surface area (Å²) in [6.45, 7) is 0.246. The van der Waals surface area contributed by atoms with Crippen LogP contribution in [0.15, 0.2) is 47.1 Å². The predicted octanol–water partition coefficient (Wildman–Crippen LogP) is 3.45. The van der Waals surface area contributed by atoms with E-state index in [1.165, 1.54) is 24.5 Å². The molecular weight excluding hydrogens is 325 g/mol. The van der Waals surface area contributed by atoms with E-state index in [9.17, 15) is 22.8 Å². The molecule has 0 aliphatic rings. The number of hydrogen-bond acceptors (Lipinski definition) is 3. The lowest BCUT2D eigenvalue weighted by Crippen LogP contribution is -2.25. The molecule has 0 aliphatic heterocycles. The number of alkyl halides is 3. The summed E-state index contributed by atoms with van der Waals surface area (Å²) < 4.78 is 42.7. The van der Waals surface area contributed by atoms with Crippen LogP contribution in [0, 0.1) is 0 Å². The van der Waals surface area contributed by atoms with Crippen LogP contribution in [0.4, 0.5) is 18.9 Å². The van der Waals surface area contributed by atoms with Gasteiger partial charge in [-0.2, -0.15) is 13.2 Å². The number of rotatable bonds is 6. The van der Waals surface area contributed by atoms with Crippen molar-refractivity contribution in [1.29, 1.82) is 0 Å². The standard InChI is InChI=1S/C16H15F3N2O3/c17-16(18,19)11-4-1-5-12(10-11)21-14(22)7-2-8-20-15(23)13-6-3-9-24-13/h1,3-6,9-10H,2,7-8H2,(H,20,23)(H,21,22). The van der Waals surface area contributed by atoms with Gasteiger partial charge in [0.1, 0.15) is 0 Å². The molecule has 8 heteroatoms. The fraction of sp³-hybridized carbons (Fsp3) is 0.250. The van der Waals surface area contributed by atoms with Gasteiger partial charge in [0.2, 0.25) is 5.91 Å². The Morgan fingerprint density at radius 2 is 1.92 bits per heavy atom. The summed E-state index contributed by atoms with van der Waals surface area (Å²) in [5.74, 6) is -0.650. The molecule has 2 rings (SSSR count). The van der Waals surface area contributed by atoms with Crippen molar-refractivity contribution in [2.45, 2.75) is 19.0 Å². The van der Waals surface area contributed by atoms with E-state index < -0.39 is 23.6 Å². The van der Waals surface area contributed by atoms with Gasteiger partial charge in [0, 0.05) is 18.7 Å². The highest BCUT2D eigenvalue weighted by molar-refractivity contribution is 5.92. The molecule has 0 radical (unpaired) electrons. The molecule has 0 atom stereocenters. The van der Waals surface area contributed by atoms with Gasteiger partial charge in [-0.3, -0.25) is 9.59 Å². The molecule has 0 bridgehead atoms. The summed E-state index contributed by atoms with van der Waals surface area (Å²) in [7, 11) is 0. The Labute approximate surface area is 135 Å². The summed E-state index contributed by atoms with van der Waals surface area (Å²) in [6, 6.07) is 7.50. The molecule has 128 valence electrons. The van der Waals surface area contributed by atoms with Gasteiger partial charge in [0.05, 0.1) is 11.8 Å². The Bertz CT molecular complexity index is 697. The van der Waals surface area contributed by atoms with Gasteiger partial charge >= 0.3 is 6.18 Å². The lowest BCUT2D eigenvalue weighted by Gasteiger charge is -2.10. The maximum Gasteiger partial charge on any atom is 0.416 e. The van der Waals surface area contributed by atoms with Crippen molar-refractivity contribution in [3.05, 3.63) is 54.0 Å². The maximum atomic E-state index is 12.6. The van der Waals surface area contributed by atoms with Crippen molar-refractivity contribution in [1.82, 2.24) is 5.32 Å². The number of hydrogen-bond donors (Lipinski definition) is 2. The summed E-state index contributed by atoms with van der Waals surface area (Å²) in [6.07, 6.45) is -2.68. The van der Waals surface area contributed by atoms with Gasteiger partial charge in [0.15, 0.2) is 5.76 Å². The van der Waals surface area contributed by atoms with Crippen LogP contribution in [0.5, 0.6) is 0 Å². The van der Waals surface area contributed by atoms with Crippen LogP contribution in [0.1, 0.15) is 29.0 Å². The molecule has 0 saturated carbocycles. The van der Waals surface area contributed by atoms with Crippen LogP contribution in [-0.2, 0) is 11.0 Å². The second-order valence-electron chi connectivity index (χ2n) is 4.96. The molecule has 2 aromatic rings. The van der Waals surface area contributed by atoms with Crippen LogP contribution in [0.2, 0.25) is 0 Å². The zero-order valence-corrected chi connectivity index (χ0v) is 12.5. The van der Waals surface area contributed by atoms with Crippen LogP contribution >= 0.6 is 0 Å². The molecule has 1 heterocycles. The molecular formula is C16H15F3N2O3. The molecule has 5 nitrogen and oxygen atoms in total. The summed E-state index contributed by atoms with van der Waals surface area (Å²) in [5.41, 5.74) is -0.750. The van der Waals surface area contributed by atoms with Crippen molar-refractivity contribution in [3.63, 3.8) is 0 Å². The van der Waals surface area contributed by atoms with E-state index in [0.717, 1.165) is 12.1 Å². The molecule has 0 unspecified atom stereocenters. The Kier molecular flexibility index (Phi) is 5.62. The van der Waals surface area contributed by atoms with Crippen molar-refractivity contribution in [3.8, 4) is 0 Å². The Morgan fingerprint density at radius 1 is 1.12 bits per heavy atom. The van der Waals surface area contributed by atoms with E-state index in [2.05, 4.69) is 10.6 Å². The molecule has 24 heavy (non-hydrogen) atoms. The highest BCUT2D eigenvalue weighted by atomic mass is 19.4. The van der Waals surface area contributed by atoms with Crippen molar-refractivity contribution in [2.24, 2.45) is 0 Å². The monoisotopic (exact) mass is 340 g/mol. The maximum absolute atomic E-state index is 12.6. The molecule has 1 aromatic heterocycles. The summed E-state index contributed by atoms with van der Waals surface area (Å²) in [5, 5.41) is 4.97. The number of nitrogens with one attached hydrogen (secondary N) is 2. The molecule has 0 aliphatic carbocycles. The zero-order valence-electron chi connectivity index (χ0n) is 12.5. The van der Waals surface area contributed by atoms with Gasteiger partial charge in [-0.1, -0.05) is 6.07 Å². The van der Waals surface area contributed by atoms with Gasteiger partial charge < -0.3 is 15.1 Å². The Morgan fingerprint density at radius 3 is 2.58 bits per heavy atom. The van der Waals surface area contributed by atoms with Crippen molar-refractivity contribution >= 4 is 17.5 Å². The SMILES string of the molecule is O=C(CCCNC(=O)c1ccco1)Nc1cccc(C(F)(F)F)c1. The minimum Gasteiger partial charge on any atom is -0.459 e. The van der Waals surface area contributed by atoms with E-state index in [4.69, 9.17) is 4.42 Å². The minimum atomic E-state index is -4.46. The fourth-order valence-corrected chi connectivity index (χ4v) is 1.94. The van der Waals surface area contributed by atoms with Crippen LogP contribution in [0.25, 0.3) is 0 Å². The average Bonchev–Trinajstić information content (AvgIpc) is 3.05.